The molecule has 0 saturated carbocycles. The number of carbonyl (C=O) groups excluding carboxylic acids is 1. The van der Waals surface area contributed by atoms with Crippen molar-refractivity contribution in [1.82, 2.24) is 4.90 Å². The molecule has 19 heavy (non-hydrogen) atoms. The molecule has 0 bridgehead atoms. The van der Waals surface area contributed by atoms with Gasteiger partial charge in [0, 0.05) is 13.1 Å². The van der Waals surface area contributed by atoms with Crippen LogP contribution in [-0.2, 0) is 4.74 Å². The fourth-order valence-corrected chi connectivity index (χ4v) is 1.30. The first-order chi connectivity index (χ1) is 8.78. The summed E-state index contributed by atoms with van der Waals surface area (Å²) in [5.41, 5.74) is -0.503. The lowest BCUT2D eigenvalue weighted by Gasteiger charge is -2.24. The molecule has 0 heterocycles. The lowest BCUT2D eigenvalue weighted by atomic mass is 10.2. The number of aromatic hydroxyl groups is 1. The highest BCUT2D eigenvalue weighted by atomic mass is 16.6. The monoisotopic (exact) mass is 267 g/mol. The Kier molecular flexibility index (Phi) is 5.03. The molecule has 1 rings (SSSR count). The normalized spacial score (nSPS) is 10.9. The van der Waals surface area contributed by atoms with E-state index in [1.54, 1.807) is 25.2 Å². The molecule has 0 aliphatic rings. The number of ether oxygens (including phenoxy) is 2. The van der Waals surface area contributed by atoms with Crippen LogP contribution in [0.4, 0.5) is 4.79 Å². The zero-order valence-corrected chi connectivity index (χ0v) is 11.8. The predicted molar refractivity (Wildman–Crippen MR) is 72.5 cm³/mol. The molecule has 0 unspecified atom stereocenters. The van der Waals surface area contributed by atoms with E-state index in [2.05, 4.69) is 0 Å². The first-order valence-electron chi connectivity index (χ1n) is 6.14. The van der Waals surface area contributed by atoms with Gasteiger partial charge in [0.2, 0.25) is 0 Å². The van der Waals surface area contributed by atoms with Crippen molar-refractivity contribution in [1.29, 1.82) is 0 Å². The highest BCUT2D eigenvalue weighted by Gasteiger charge is 2.19. The van der Waals surface area contributed by atoms with Gasteiger partial charge in [0.15, 0.2) is 0 Å². The summed E-state index contributed by atoms with van der Waals surface area (Å²) in [4.78, 5) is 13.1. The molecule has 1 amide bonds. The van der Waals surface area contributed by atoms with Crippen molar-refractivity contribution in [2.75, 3.05) is 20.2 Å². The molecule has 0 aliphatic carbocycles. The second-order valence-corrected chi connectivity index (χ2v) is 5.25. The Hall–Kier alpha value is -1.91. The van der Waals surface area contributed by atoms with Gasteiger partial charge in [-0.2, -0.15) is 0 Å². The summed E-state index contributed by atoms with van der Waals surface area (Å²) in [5.74, 6) is 0.718. The fraction of sp³-hybridized carbons (Fsp3) is 0.500. The van der Waals surface area contributed by atoms with Crippen molar-refractivity contribution in [3.05, 3.63) is 24.3 Å². The van der Waals surface area contributed by atoms with Crippen LogP contribution < -0.4 is 4.74 Å². The van der Waals surface area contributed by atoms with E-state index in [0.29, 0.717) is 18.9 Å². The van der Waals surface area contributed by atoms with E-state index < -0.39 is 5.60 Å². The van der Waals surface area contributed by atoms with Crippen LogP contribution in [0.1, 0.15) is 20.8 Å². The molecule has 0 atom stereocenters. The highest BCUT2D eigenvalue weighted by molar-refractivity contribution is 5.67. The number of hydrogen-bond donors (Lipinski definition) is 1. The Balaban J connectivity index is 2.34. The molecular weight excluding hydrogens is 246 g/mol. The van der Waals surface area contributed by atoms with Crippen LogP contribution in [0.5, 0.6) is 11.5 Å². The van der Waals surface area contributed by atoms with Crippen LogP contribution in [0.3, 0.4) is 0 Å². The van der Waals surface area contributed by atoms with E-state index in [0.717, 1.165) is 0 Å². The van der Waals surface area contributed by atoms with Gasteiger partial charge in [-0.05, 0) is 32.9 Å². The number of rotatable bonds is 4. The summed E-state index contributed by atoms with van der Waals surface area (Å²) in [7, 11) is 1.65. The predicted octanol–water partition coefficient (Wildman–Crippen LogP) is 2.64. The van der Waals surface area contributed by atoms with Gasteiger partial charge in [0.25, 0.3) is 0 Å². The van der Waals surface area contributed by atoms with Crippen LogP contribution in [0.2, 0.25) is 0 Å². The average molecular weight is 267 g/mol. The third-order valence-corrected chi connectivity index (χ3v) is 2.22. The SMILES string of the molecule is CN(CCOc1cccc(O)c1)C(=O)OC(C)(C)C. The van der Waals surface area contributed by atoms with Crippen LogP contribution in [0.25, 0.3) is 0 Å². The molecule has 1 N–H and O–H groups in total. The molecule has 5 heteroatoms. The lowest BCUT2D eigenvalue weighted by Crippen LogP contribution is -2.36. The van der Waals surface area contributed by atoms with Crippen molar-refractivity contribution in [2.45, 2.75) is 26.4 Å². The molecule has 5 nitrogen and oxygen atoms in total. The summed E-state index contributed by atoms with van der Waals surface area (Å²) in [5, 5.41) is 9.27. The lowest BCUT2D eigenvalue weighted by molar-refractivity contribution is 0.0278. The standard InChI is InChI=1S/C14H21NO4/c1-14(2,3)19-13(17)15(4)8-9-18-12-7-5-6-11(16)10-12/h5-7,10,16H,8-9H2,1-4H3. The molecule has 1 aromatic carbocycles. The molecular formula is C14H21NO4. The third kappa shape index (κ3) is 5.99. The van der Waals surface area contributed by atoms with Crippen LogP contribution >= 0.6 is 0 Å². The Bertz CT molecular complexity index is 426. The van der Waals surface area contributed by atoms with E-state index >= 15 is 0 Å². The largest absolute Gasteiger partial charge is 0.508 e. The van der Waals surface area contributed by atoms with Gasteiger partial charge in [-0.25, -0.2) is 4.79 Å². The third-order valence-electron chi connectivity index (χ3n) is 2.22. The van der Waals surface area contributed by atoms with Crippen LogP contribution in [0, 0.1) is 0 Å². The number of phenolic OH excluding ortho intramolecular Hbond substituents is 1. The van der Waals surface area contributed by atoms with Gasteiger partial charge < -0.3 is 19.5 Å². The second-order valence-electron chi connectivity index (χ2n) is 5.25. The first kappa shape index (κ1) is 15.1. The summed E-state index contributed by atoms with van der Waals surface area (Å²) in [6.07, 6.45) is -0.382. The Morgan fingerprint density at radius 3 is 2.63 bits per heavy atom. The van der Waals surface area contributed by atoms with Gasteiger partial charge >= 0.3 is 6.09 Å². The van der Waals surface area contributed by atoms with Crippen molar-refractivity contribution in [2.24, 2.45) is 0 Å². The van der Waals surface area contributed by atoms with E-state index in [4.69, 9.17) is 9.47 Å². The minimum absolute atomic E-state index is 0.151. The average Bonchev–Trinajstić information content (AvgIpc) is 2.26. The van der Waals surface area contributed by atoms with E-state index in [1.807, 2.05) is 20.8 Å². The molecule has 0 saturated heterocycles. The van der Waals surface area contributed by atoms with Gasteiger partial charge in [-0.3, -0.25) is 0 Å². The minimum atomic E-state index is -0.503. The molecule has 0 fully saturated rings. The Morgan fingerprint density at radius 2 is 2.05 bits per heavy atom. The summed E-state index contributed by atoms with van der Waals surface area (Å²) in [6.45, 7) is 6.20. The van der Waals surface area contributed by atoms with Crippen LogP contribution in [-0.4, -0.2) is 41.9 Å². The quantitative estimate of drug-likeness (QED) is 0.911. The van der Waals surface area contributed by atoms with Crippen molar-refractivity contribution in [3.8, 4) is 11.5 Å². The number of hydrogen-bond acceptors (Lipinski definition) is 4. The van der Waals surface area contributed by atoms with Crippen molar-refractivity contribution in [3.63, 3.8) is 0 Å². The number of benzene rings is 1. The van der Waals surface area contributed by atoms with E-state index in [1.165, 1.54) is 11.0 Å². The van der Waals surface area contributed by atoms with Crippen molar-refractivity contribution < 1.29 is 19.4 Å². The van der Waals surface area contributed by atoms with Crippen LogP contribution in [0.15, 0.2) is 24.3 Å². The number of nitrogens with zero attached hydrogens (tertiary/aromatic N) is 1. The maximum atomic E-state index is 11.7. The van der Waals surface area contributed by atoms with E-state index in [9.17, 15) is 9.90 Å². The number of likely N-dealkylation sites (N-methyl/N-ethyl adjacent to an activating group) is 1. The summed E-state index contributed by atoms with van der Waals surface area (Å²) >= 11 is 0. The summed E-state index contributed by atoms with van der Waals surface area (Å²) < 4.78 is 10.6. The van der Waals surface area contributed by atoms with Gasteiger partial charge in [-0.1, -0.05) is 6.07 Å². The molecule has 106 valence electrons. The maximum Gasteiger partial charge on any atom is 0.410 e. The molecule has 0 radical (unpaired) electrons. The summed E-state index contributed by atoms with van der Waals surface area (Å²) in [6, 6.07) is 6.53. The molecule has 1 aromatic rings. The van der Waals surface area contributed by atoms with Gasteiger partial charge in [0.05, 0.1) is 6.54 Å². The number of amides is 1. The molecule has 0 aromatic heterocycles. The van der Waals surface area contributed by atoms with E-state index in [-0.39, 0.29) is 11.8 Å². The smallest absolute Gasteiger partial charge is 0.410 e. The first-order valence-corrected chi connectivity index (χ1v) is 6.14. The Labute approximate surface area is 113 Å². The molecule has 0 aliphatic heterocycles. The van der Waals surface area contributed by atoms with Crippen molar-refractivity contribution >= 4 is 6.09 Å². The fourth-order valence-electron chi connectivity index (χ4n) is 1.30. The number of phenols is 1. The highest BCUT2D eigenvalue weighted by Crippen LogP contribution is 2.17. The Morgan fingerprint density at radius 1 is 1.37 bits per heavy atom. The zero-order valence-electron chi connectivity index (χ0n) is 11.8. The molecule has 0 spiro atoms. The maximum absolute atomic E-state index is 11.7. The zero-order chi connectivity index (χ0) is 14.5. The van der Waals surface area contributed by atoms with Gasteiger partial charge in [-0.15, -0.1) is 0 Å². The second kappa shape index (κ2) is 6.31. The van der Waals surface area contributed by atoms with Gasteiger partial charge in [0.1, 0.15) is 23.7 Å². The topological polar surface area (TPSA) is 59.0 Å². The number of carbonyl (C=O) groups is 1. The minimum Gasteiger partial charge on any atom is -0.508 e.